The van der Waals surface area contributed by atoms with Crippen LogP contribution in [0.1, 0.15) is 16.8 Å². The topological polar surface area (TPSA) is 17.1 Å². The number of thioether (sulfide) groups is 1. The van der Waals surface area contributed by atoms with E-state index in [0.717, 1.165) is 28.9 Å². The van der Waals surface area contributed by atoms with Crippen LogP contribution >= 0.6 is 11.8 Å². The maximum Gasteiger partial charge on any atom is 0.151 e. The predicted molar refractivity (Wildman–Crippen MR) is 57.4 cm³/mol. The number of aldehydes is 1. The summed E-state index contributed by atoms with van der Waals surface area (Å²) in [6, 6.07) is 7.63. The fraction of sp³-hybridized carbons (Fsp3) is 0.182. The molecule has 68 valence electrons. The molecule has 2 heteroatoms. The van der Waals surface area contributed by atoms with Crippen molar-refractivity contribution in [2.24, 2.45) is 0 Å². The van der Waals surface area contributed by atoms with Gasteiger partial charge in [-0.15, -0.1) is 18.3 Å². The summed E-state index contributed by atoms with van der Waals surface area (Å²) in [4.78, 5) is 11.7. The van der Waals surface area contributed by atoms with Crippen molar-refractivity contribution < 1.29 is 4.79 Å². The van der Waals surface area contributed by atoms with E-state index < -0.39 is 0 Å². The van der Waals surface area contributed by atoms with E-state index in [0.29, 0.717) is 0 Å². The summed E-state index contributed by atoms with van der Waals surface area (Å²) in [5.74, 6) is 0.981. The average molecular weight is 192 g/mol. The Labute approximate surface area is 82.9 Å². The van der Waals surface area contributed by atoms with Crippen molar-refractivity contribution in [2.45, 2.75) is 11.3 Å². The van der Waals surface area contributed by atoms with Gasteiger partial charge in [0.2, 0.25) is 0 Å². The third-order valence-electron chi connectivity index (χ3n) is 1.63. The Morgan fingerprint density at radius 2 is 2.15 bits per heavy atom. The second-order valence-electron chi connectivity index (χ2n) is 2.58. The second-order valence-corrected chi connectivity index (χ2v) is 3.72. The first-order valence-electron chi connectivity index (χ1n) is 4.16. The number of benzene rings is 1. The monoisotopic (exact) mass is 192 g/mol. The molecule has 1 aromatic carbocycles. The summed E-state index contributed by atoms with van der Waals surface area (Å²) in [6.45, 7) is 3.65. The van der Waals surface area contributed by atoms with Gasteiger partial charge >= 0.3 is 0 Å². The predicted octanol–water partition coefficient (Wildman–Crippen LogP) is 3.17. The van der Waals surface area contributed by atoms with Crippen molar-refractivity contribution in [3.05, 3.63) is 42.5 Å². The van der Waals surface area contributed by atoms with Crippen LogP contribution in [0.3, 0.4) is 0 Å². The van der Waals surface area contributed by atoms with Crippen molar-refractivity contribution in [3.8, 4) is 0 Å². The minimum Gasteiger partial charge on any atom is -0.298 e. The zero-order chi connectivity index (χ0) is 9.52. The first-order chi connectivity index (χ1) is 6.38. The van der Waals surface area contributed by atoms with Crippen LogP contribution in [-0.2, 0) is 0 Å². The summed E-state index contributed by atoms with van der Waals surface area (Å²) < 4.78 is 0. The van der Waals surface area contributed by atoms with Gasteiger partial charge in [-0.2, -0.15) is 0 Å². The normalized spacial score (nSPS) is 9.54. The third-order valence-corrected chi connectivity index (χ3v) is 2.75. The number of carbonyl (C=O) groups is 1. The Kier molecular flexibility index (Phi) is 4.33. The van der Waals surface area contributed by atoms with Crippen LogP contribution in [0.4, 0.5) is 0 Å². The smallest absolute Gasteiger partial charge is 0.151 e. The van der Waals surface area contributed by atoms with E-state index in [1.54, 1.807) is 11.8 Å². The highest BCUT2D eigenvalue weighted by atomic mass is 32.2. The van der Waals surface area contributed by atoms with E-state index in [1.165, 1.54) is 0 Å². The Bertz CT molecular complexity index is 294. The van der Waals surface area contributed by atoms with Crippen LogP contribution in [0.5, 0.6) is 0 Å². The molecular formula is C11H12OS. The Morgan fingerprint density at radius 3 is 2.85 bits per heavy atom. The standard InChI is InChI=1S/C11H12OS/c1-2-3-8-13-11-7-5-4-6-10(11)9-12/h2,4-7,9H,1,3,8H2. The van der Waals surface area contributed by atoms with E-state index in [2.05, 4.69) is 6.58 Å². The minimum absolute atomic E-state index is 0.775. The molecule has 1 aromatic rings. The third kappa shape index (κ3) is 3.07. The van der Waals surface area contributed by atoms with Crippen LogP contribution in [0.2, 0.25) is 0 Å². The molecule has 0 unspecified atom stereocenters. The van der Waals surface area contributed by atoms with E-state index in [-0.39, 0.29) is 0 Å². The highest BCUT2D eigenvalue weighted by molar-refractivity contribution is 7.99. The molecule has 0 aliphatic carbocycles. The maximum atomic E-state index is 10.6. The number of allylic oxidation sites excluding steroid dienone is 1. The Morgan fingerprint density at radius 1 is 1.38 bits per heavy atom. The lowest BCUT2D eigenvalue weighted by molar-refractivity contribution is 0.112. The largest absolute Gasteiger partial charge is 0.298 e. The molecule has 0 aliphatic rings. The molecule has 1 rings (SSSR count). The number of hydrogen-bond acceptors (Lipinski definition) is 2. The van der Waals surface area contributed by atoms with Crippen LogP contribution in [0.25, 0.3) is 0 Å². The number of hydrogen-bond donors (Lipinski definition) is 0. The van der Waals surface area contributed by atoms with E-state index >= 15 is 0 Å². The summed E-state index contributed by atoms with van der Waals surface area (Å²) in [5.41, 5.74) is 0.775. The van der Waals surface area contributed by atoms with Gasteiger partial charge in [0.1, 0.15) is 0 Å². The summed E-state index contributed by atoms with van der Waals surface area (Å²) in [5, 5.41) is 0. The molecule has 0 amide bonds. The molecule has 1 nitrogen and oxygen atoms in total. The van der Waals surface area contributed by atoms with E-state index in [9.17, 15) is 4.79 Å². The zero-order valence-electron chi connectivity index (χ0n) is 7.40. The molecule has 0 N–H and O–H groups in total. The molecule has 0 radical (unpaired) electrons. The van der Waals surface area contributed by atoms with Crippen molar-refractivity contribution in [1.82, 2.24) is 0 Å². The van der Waals surface area contributed by atoms with Gasteiger partial charge in [0, 0.05) is 16.2 Å². The van der Waals surface area contributed by atoms with Crippen LogP contribution in [0.15, 0.2) is 41.8 Å². The van der Waals surface area contributed by atoms with Crippen molar-refractivity contribution in [2.75, 3.05) is 5.75 Å². The van der Waals surface area contributed by atoms with Gasteiger partial charge in [0.15, 0.2) is 6.29 Å². The highest BCUT2D eigenvalue weighted by Crippen LogP contribution is 2.21. The second kappa shape index (κ2) is 5.60. The fourth-order valence-electron chi connectivity index (χ4n) is 0.962. The molecule has 0 bridgehead atoms. The number of rotatable bonds is 5. The van der Waals surface area contributed by atoms with Gasteiger partial charge in [-0.1, -0.05) is 24.3 Å². The van der Waals surface area contributed by atoms with Gasteiger partial charge in [0.25, 0.3) is 0 Å². The Hall–Kier alpha value is -1.02. The molecule has 13 heavy (non-hydrogen) atoms. The van der Waals surface area contributed by atoms with Gasteiger partial charge in [0.05, 0.1) is 0 Å². The lowest BCUT2D eigenvalue weighted by Gasteiger charge is -2.01. The van der Waals surface area contributed by atoms with Gasteiger partial charge in [-0.3, -0.25) is 4.79 Å². The molecule has 0 aromatic heterocycles. The highest BCUT2D eigenvalue weighted by Gasteiger charge is 1.99. The van der Waals surface area contributed by atoms with Crippen LogP contribution in [-0.4, -0.2) is 12.0 Å². The quantitative estimate of drug-likeness (QED) is 0.308. The molecule has 0 heterocycles. The molecule has 0 atom stereocenters. The summed E-state index contributed by atoms with van der Waals surface area (Å²) in [7, 11) is 0. The first-order valence-corrected chi connectivity index (χ1v) is 5.15. The average Bonchev–Trinajstić information content (AvgIpc) is 2.19. The van der Waals surface area contributed by atoms with E-state index in [4.69, 9.17) is 0 Å². The molecule has 0 saturated heterocycles. The Balaban J connectivity index is 2.63. The first kappa shape index (κ1) is 10.1. The summed E-state index contributed by atoms with van der Waals surface area (Å²) >= 11 is 1.69. The minimum atomic E-state index is 0.775. The van der Waals surface area contributed by atoms with Crippen LogP contribution < -0.4 is 0 Å². The van der Waals surface area contributed by atoms with Crippen molar-refractivity contribution in [3.63, 3.8) is 0 Å². The van der Waals surface area contributed by atoms with Crippen molar-refractivity contribution >= 4 is 18.0 Å². The SMILES string of the molecule is C=CCCSc1ccccc1C=O. The molecule has 0 saturated carbocycles. The molecule has 0 aliphatic heterocycles. The van der Waals surface area contributed by atoms with Crippen molar-refractivity contribution in [1.29, 1.82) is 0 Å². The van der Waals surface area contributed by atoms with Gasteiger partial charge < -0.3 is 0 Å². The van der Waals surface area contributed by atoms with Crippen LogP contribution in [0, 0.1) is 0 Å². The molecular weight excluding hydrogens is 180 g/mol. The zero-order valence-corrected chi connectivity index (χ0v) is 8.22. The summed E-state index contributed by atoms with van der Waals surface area (Å²) in [6.07, 6.45) is 3.75. The number of carbonyl (C=O) groups excluding carboxylic acids is 1. The van der Waals surface area contributed by atoms with Gasteiger partial charge in [-0.05, 0) is 12.5 Å². The van der Waals surface area contributed by atoms with E-state index in [1.807, 2.05) is 30.3 Å². The lowest BCUT2D eigenvalue weighted by Crippen LogP contribution is -1.85. The van der Waals surface area contributed by atoms with Gasteiger partial charge in [-0.25, -0.2) is 0 Å². The maximum absolute atomic E-state index is 10.6. The lowest BCUT2D eigenvalue weighted by atomic mass is 10.2. The fourth-order valence-corrected chi connectivity index (χ4v) is 1.92. The molecule has 0 spiro atoms. The molecule has 0 fully saturated rings.